The molecule has 19 heavy (non-hydrogen) atoms. The molecule has 0 aliphatic heterocycles. The Bertz CT molecular complexity index is 567. The third kappa shape index (κ3) is 3.19. The molecule has 3 amide bonds. The number of imide groups is 1. The standard InChI is InChI=1S/C15H14N2O2/c16-15(19)17(11-12-7-3-1-4-8-12)14(18)13-9-5-2-6-10-13/h1-10H,11H2,(H2,16,19). The van der Waals surface area contributed by atoms with Crippen molar-refractivity contribution in [1.82, 2.24) is 4.90 Å². The number of rotatable bonds is 3. The van der Waals surface area contributed by atoms with Crippen LogP contribution in [-0.2, 0) is 6.54 Å². The van der Waals surface area contributed by atoms with E-state index in [0.29, 0.717) is 5.56 Å². The first-order valence-electron chi connectivity index (χ1n) is 5.89. The topological polar surface area (TPSA) is 63.4 Å². The summed E-state index contributed by atoms with van der Waals surface area (Å²) in [5.41, 5.74) is 6.58. The van der Waals surface area contributed by atoms with E-state index < -0.39 is 11.9 Å². The van der Waals surface area contributed by atoms with E-state index in [-0.39, 0.29) is 6.54 Å². The number of benzene rings is 2. The van der Waals surface area contributed by atoms with Crippen LogP contribution in [0.25, 0.3) is 0 Å². The lowest BCUT2D eigenvalue weighted by molar-refractivity contribution is 0.0799. The second-order valence-corrected chi connectivity index (χ2v) is 4.08. The van der Waals surface area contributed by atoms with Gasteiger partial charge in [-0.2, -0.15) is 0 Å². The van der Waals surface area contributed by atoms with Crippen LogP contribution in [0.4, 0.5) is 4.79 Å². The summed E-state index contributed by atoms with van der Waals surface area (Å²) in [6.07, 6.45) is 0. The van der Waals surface area contributed by atoms with Crippen molar-refractivity contribution < 1.29 is 9.59 Å². The molecule has 0 radical (unpaired) electrons. The number of amides is 3. The number of hydrogen-bond donors (Lipinski definition) is 1. The summed E-state index contributed by atoms with van der Waals surface area (Å²) in [5, 5.41) is 0. The molecule has 0 fully saturated rings. The van der Waals surface area contributed by atoms with Gasteiger partial charge in [-0.15, -0.1) is 0 Å². The Morgan fingerprint density at radius 2 is 1.42 bits per heavy atom. The van der Waals surface area contributed by atoms with Gasteiger partial charge in [-0.25, -0.2) is 4.79 Å². The fourth-order valence-electron chi connectivity index (χ4n) is 1.75. The van der Waals surface area contributed by atoms with E-state index in [2.05, 4.69) is 0 Å². The molecule has 0 unspecified atom stereocenters. The highest BCUT2D eigenvalue weighted by Gasteiger charge is 2.20. The molecule has 96 valence electrons. The van der Waals surface area contributed by atoms with Crippen molar-refractivity contribution in [3.05, 3.63) is 71.8 Å². The molecule has 0 aromatic heterocycles. The van der Waals surface area contributed by atoms with Crippen LogP contribution in [0.3, 0.4) is 0 Å². The van der Waals surface area contributed by atoms with Crippen LogP contribution in [0.2, 0.25) is 0 Å². The normalized spacial score (nSPS) is 9.89. The molecule has 0 saturated carbocycles. The first-order chi connectivity index (χ1) is 9.18. The van der Waals surface area contributed by atoms with Gasteiger partial charge in [0.1, 0.15) is 0 Å². The minimum atomic E-state index is -0.752. The number of carbonyl (C=O) groups excluding carboxylic acids is 2. The summed E-state index contributed by atoms with van der Waals surface area (Å²) in [5.74, 6) is -0.392. The first kappa shape index (κ1) is 12.8. The van der Waals surface area contributed by atoms with E-state index in [1.807, 2.05) is 36.4 Å². The lowest BCUT2D eigenvalue weighted by Gasteiger charge is -2.18. The molecule has 2 rings (SSSR count). The molecule has 4 nitrogen and oxygen atoms in total. The molecule has 0 aliphatic carbocycles. The second kappa shape index (κ2) is 5.82. The van der Waals surface area contributed by atoms with Crippen molar-refractivity contribution in [3.8, 4) is 0 Å². The number of nitrogens with two attached hydrogens (primary N) is 1. The van der Waals surface area contributed by atoms with E-state index in [1.165, 1.54) is 0 Å². The van der Waals surface area contributed by atoms with Crippen LogP contribution in [-0.4, -0.2) is 16.8 Å². The Balaban J connectivity index is 2.22. The Labute approximate surface area is 111 Å². The maximum atomic E-state index is 12.2. The molecule has 0 saturated heterocycles. The predicted octanol–water partition coefficient (Wildman–Crippen LogP) is 2.41. The minimum absolute atomic E-state index is 0.171. The quantitative estimate of drug-likeness (QED) is 0.914. The maximum absolute atomic E-state index is 12.2. The van der Waals surface area contributed by atoms with Gasteiger partial charge in [0.05, 0.1) is 6.54 Å². The third-order valence-corrected chi connectivity index (χ3v) is 2.72. The smallest absolute Gasteiger partial charge is 0.322 e. The summed E-state index contributed by atoms with van der Waals surface area (Å²) >= 11 is 0. The third-order valence-electron chi connectivity index (χ3n) is 2.72. The summed E-state index contributed by atoms with van der Waals surface area (Å²) in [4.78, 5) is 24.7. The minimum Gasteiger partial charge on any atom is -0.351 e. The summed E-state index contributed by atoms with van der Waals surface area (Å²) < 4.78 is 0. The zero-order chi connectivity index (χ0) is 13.7. The molecular weight excluding hydrogens is 240 g/mol. The molecule has 0 atom stereocenters. The monoisotopic (exact) mass is 254 g/mol. The molecule has 0 bridgehead atoms. The summed E-state index contributed by atoms with van der Waals surface area (Å²) in [6, 6.07) is 17.1. The lowest BCUT2D eigenvalue weighted by Crippen LogP contribution is -2.40. The first-order valence-corrected chi connectivity index (χ1v) is 5.89. The van der Waals surface area contributed by atoms with Gasteiger partial charge in [-0.05, 0) is 17.7 Å². The molecule has 4 heteroatoms. The molecule has 2 N–H and O–H groups in total. The van der Waals surface area contributed by atoms with E-state index in [4.69, 9.17) is 5.73 Å². The maximum Gasteiger partial charge on any atom is 0.322 e. The van der Waals surface area contributed by atoms with E-state index >= 15 is 0 Å². The number of carbonyl (C=O) groups is 2. The van der Waals surface area contributed by atoms with Crippen LogP contribution in [0, 0.1) is 0 Å². The van der Waals surface area contributed by atoms with Crippen molar-refractivity contribution in [2.24, 2.45) is 5.73 Å². The van der Waals surface area contributed by atoms with Gasteiger partial charge >= 0.3 is 6.03 Å². The van der Waals surface area contributed by atoms with Crippen molar-refractivity contribution in [2.45, 2.75) is 6.54 Å². The molecule has 0 aliphatic rings. The van der Waals surface area contributed by atoms with Crippen molar-refractivity contribution in [3.63, 3.8) is 0 Å². The van der Waals surface area contributed by atoms with Crippen LogP contribution in [0.5, 0.6) is 0 Å². The number of nitrogens with zero attached hydrogens (tertiary/aromatic N) is 1. The van der Waals surface area contributed by atoms with E-state index in [0.717, 1.165) is 10.5 Å². The van der Waals surface area contributed by atoms with Crippen molar-refractivity contribution in [1.29, 1.82) is 0 Å². The predicted molar refractivity (Wildman–Crippen MR) is 72.3 cm³/mol. The van der Waals surface area contributed by atoms with Crippen molar-refractivity contribution >= 4 is 11.9 Å². The fourth-order valence-corrected chi connectivity index (χ4v) is 1.75. The zero-order valence-electron chi connectivity index (χ0n) is 10.3. The van der Waals surface area contributed by atoms with Gasteiger partial charge in [0.25, 0.3) is 5.91 Å². The average Bonchev–Trinajstić information content (AvgIpc) is 2.46. The van der Waals surface area contributed by atoms with Gasteiger partial charge < -0.3 is 5.73 Å². The van der Waals surface area contributed by atoms with Crippen molar-refractivity contribution in [2.75, 3.05) is 0 Å². The van der Waals surface area contributed by atoms with E-state index in [9.17, 15) is 9.59 Å². The molecule has 0 heterocycles. The zero-order valence-corrected chi connectivity index (χ0v) is 10.3. The van der Waals surface area contributed by atoms with Crippen LogP contribution < -0.4 is 5.73 Å². The Morgan fingerprint density at radius 1 is 0.895 bits per heavy atom. The number of primary amides is 1. The highest BCUT2D eigenvalue weighted by Crippen LogP contribution is 2.09. The van der Waals surface area contributed by atoms with E-state index in [1.54, 1.807) is 24.3 Å². The van der Waals surface area contributed by atoms with Gasteiger partial charge in [-0.3, -0.25) is 9.69 Å². The number of urea groups is 1. The SMILES string of the molecule is NC(=O)N(Cc1ccccc1)C(=O)c1ccccc1. The lowest BCUT2D eigenvalue weighted by atomic mass is 10.1. The molecule has 0 spiro atoms. The van der Waals surface area contributed by atoms with Gasteiger partial charge in [0, 0.05) is 5.56 Å². The molecular formula is C15H14N2O2. The van der Waals surface area contributed by atoms with Crippen LogP contribution >= 0.6 is 0 Å². The van der Waals surface area contributed by atoms with Gasteiger partial charge in [-0.1, -0.05) is 48.5 Å². The Kier molecular flexibility index (Phi) is 3.93. The highest BCUT2D eigenvalue weighted by atomic mass is 16.2. The van der Waals surface area contributed by atoms with Gasteiger partial charge in [0.2, 0.25) is 0 Å². The summed E-state index contributed by atoms with van der Waals surface area (Å²) in [7, 11) is 0. The largest absolute Gasteiger partial charge is 0.351 e. The number of hydrogen-bond acceptors (Lipinski definition) is 2. The molecule has 2 aromatic rings. The van der Waals surface area contributed by atoms with Crippen LogP contribution in [0.1, 0.15) is 15.9 Å². The average molecular weight is 254 g/mol. The van der Waals surface area contributed by atoms with Gasteiger partial charge in [0.15, 0.2) is 0 Å². The Morgan fingerprint density at radius 3 is 1.95 bits per heavy atom. The Hall–Kier alpha value is -2.62. The summed E-state index contributed by atoms with van der Waals surface area (Å²) in [6.45, 7) is 0.171. The molecule has 2 aromatic carbocycles. The van der Waals surface area contributed by atoms with Crippen LogP contribution in [0.15, 0.2) is 60.7 Å². The highest BCUT2D eigenvalue weighted by molar-refractivity contribution is 6.03. The fraction of sp³-hybridized carbons (Fsp3) is 0.0667. The second-order valence-electron chi connectivity index (χ2n) is 4.08.